The molecule has 35 heavy (non-hydrogen) atoms. The van der Waals surface area contributed by atoms with Crippen LogP contribution in [0.5, 0.6) is 0 Å². The fourth-order valence-corrected chi connectivity index (χ4v) is 4.98. The Hall–Kier alpha value is -2.92. The lowest BCUT2D eigenvalue weighted by molar-refractivity contribution is -0.268. The van der Waals surface area contributed by atoms with E-state index in [0.717, 1.165) is 21.8 Å². The predicted molar refractivity (Wildman–Crippen MR) is 134 cm³/mol. The minimum Gasteiger partial charge on any atom is -0.392 e. The molecule has 0 saturated carbocycles. The van der Waals surface area contributed by atoms with Crippen molar-refractivity contribution in [1.29, 1.82) is 0 Å². The second-order valence-corrected chi connectivity index (χ2v) is 9.45. The quantitative estimate of drug-likeness (QED) is 0.403. The maximum absolute atomic E-state index is 11.8. The number of nitrogens with zero attached hydrogens (tertiary/aromatic N) is 3. The summed E-state index contributed by atoms with van der Waals surface area (Å²) in [5.41, 5.74) is 3.44. The molecule has 0 aliphatic carbocycles. The zero-order chi connectivity index (χ0) is 24.8. The third-order valence-corrected chi connectivity index (χ3v) is 7.07. The van der Waals surface area contributed by atoms with E-state index in [9.17, 15) is 9.90 Å². The van der Waals surface area contributed by atoms with Crippen LogP contribution in [-0.4, -0.2) is 44.3 Å². The van der Waals surface area contributed by atoms with E-state index in [4.69, 9.17) is 9.47 Å². The summed E-state index contributed by atoms with van der Waals surface area (Å²) < 4.78 is 14.8. The normalized spacial score (nSPS) is 22.1. The van der Waals surface area contributed by atoms with Crippen molar-refractivity contribution in [3.63, 3.8) is 0 Å². The Morgan fingerprint density at radius 1 is 1.11 bits per heavy atom. The van der Waals surface area contributed by atoms with Gasteiger partial charge in [0.25, 0.3) is 0 Å². The molecular weight excluding hydrogens is 466 g/mol. The number of hydrogen-bond donors (Lipinski definition) is 3. The smallest absolute Gasteiger partial charge is 0.319 e. The zero-order valence-electron chi connectivity index (χ0n) is 20.0. The molecule has 186 valence electrons. The van der Waals surface area contributed by atoms with E-state index in [1.165, 1.54) is 0 Å². The minimum absolute atomic E-state index is 0.000716. The van der Waals surface area contributed by atoms with Crippen LogP contribution in [0, 0.1) is 5.92 Å². The number of carbonyl (C=O) groups excluding carboxylic acids is 1. The highest BCUT2D eigenvalue weighted by molar-refractivity contribution is 7.99. The number of aromatic nitrogens is 3. The van der Waals surface area contributed by atoms with E-state index >= 15 is 0 Å². The lowest BCUT2D eigenvalue weighted by Crippen LogP contribution is -2.38. The number of amides is 2. The van der Waals surface area contributed by atoms with Crippen LogP contribution >= 0.6 is 11.8 Å². The Bertz CT molecular complexity index is 1110. The van der Waals surface area contributed by atoms with Crippen molar-refractivity contribution < 1.29 is 19.4 Å². The first kappa shape index (κ1) is 25.2. The highest BCUT2D eigenvalue weighted by Gasteiger charge is 2.38. The largest absolute Gasteiger partial charge is 0.392 e. The van der Waals surface area contributed by atoms with Crippen LogP contribution in [0.15, 0.2) is 60.0 Å². The van der Waals surface area contributed by atoms with Crippen molar-refractivity contribution in [2.75, 3.05) is 17.6 Å². The number of hydrogen-bond acceptors (Lipinski definition) is 7. The van der Waals surface area contributed by atoms with Crippen LogP contribution in [0.3, 0.4) is 0 Å². The van der Waals surface area contributed by atoms with E-state index in [-0.39, 0.29) is 30.8 Å². The third kappa shape index (κ3) is 6.21. The highest BCUT2D eigenvalue weighted by atomic mass is 32.2. The van der Waals surface area contributed by atoms with Gasteiger partial charge in [0, 0.05) is 36.5 Å². The van der Waals surface area contributed by atoms with Gasteiger partial charge in [0.15, 0.2) is 11.4 Å². The van der Waals surface area contributed by atoms with Crippen molar-refractivity contribution in [2.24, 2.45) is 13.0 Å². The fourth-order valence-electron chi connectivity index (χ4n) is 3.93. The Kier molecular flexibility index (Phi) is 8.40. The summed E-state index contributed by atoms with van der Waals surface area (Å²) in [6.45, 7) is 4.55. The molecule has 1 saturated heterocycles. The number of anilines is 1. The van der Waals surface area contributed by atoms with Gasteiger partial charge in [0.05, 0.1) is 18.8 Å². The molecule has 2 heterocycles. The van der Waals surface area contributed by atoms with Crippen LogP contribution < -0.4 is 10.6 Å². The van der Waals surface area contributed by atoms with E-state index in [1.807, 2.05) is 67.1 Å². The van der Waals surface area contributed by atoms with Gasteiger partial charge in [-0.1, -0.05) is 55.1 Å². The van der Waals surface area contributed by atoms with E-state index in [2.05, 4.69) is 27.8 Å². The maximum atomic E-state index is 11.8. The number of urea groups is 1. The molecule has 4 atom stereocenters. The molecule has 2 amide bonds. The number of rotatable bonds is 8. The van der Waals surface area contributed by atoms with Crippen molar-refractivity contribution in [1.82, 2.24) is 20.1 Å². The van der Waals surface area contributed by atoms with Gasteiger partial charge >= 0.3 is 6.03 Å². The Morgan fingerprint density at radius 3 is 2.46 bits per heavy atom. The number of benzene rings is 2. The van der Waals surface area contributed by atoms with E-state index < -0.39 is 6.29 Å². The SMILES string of the molecule is CCNC(=O)Nc1ccc([C@H]2O[C@@H](CSc3nncn3C)[C@@H](C)[C@@H](c3ccc(CO)cc3)O2)cc1. The summed E-state index contributed by atoms with van der Waals surface area (Å²) in [5, 5.41) is 23.9. The zero-order valence-corrected chi connectivity index (χ0v) is 20.9. The van der Waals surface area contributed by atoms with Crippen molar-refractivity contribution >= 4 is 23.5 Å². The summed E-state index contributed by atoms with van der Waals surface area (Å²) in [4.78, 5) is 11.8. The van der Waals surface area contributed by atoms with Gasteiger partial charge in [-0.3, -0.25) is 0 Å². The van der Waals surface area contributed by atoms with Gasteiger partial charge in [0.1, 0.15) is 6.33 Å². The van der Waals surface area contributed by atoms with Crippen LogP contribution in [0.25, 0.3) is 0 Å². The Morgan fingerprint density at radius 2 is 1.83 bits per heavy atom. The molecule has 1 aliphatic heterocycles. The number of aliphatic hydroxyl groups excluding tert-OH is 1. The fraction of sp³-hybridized carbons (Fsp3) is 0.400. The number of aryl methyl sites for hydroxylation is 1. The van der Waals surface area contributed by atoms with Crippen molar-refractivity contribution in [3.8, 4) is 0 Å². The average Bonchev–Trinajstić information content (AvgIpc) is 3.28. The predicted octanol–water partition coefficient (Wildman–Crippen LogP) is 4.03. The highest BCUT2D eigenvalue weighted by Crippen LogP contribution is 2.43. The lowest BCUT2D eigenvalue weighted by Gasteiger charge is -2.41. The van der Waals surface area contributed by atoms with Gasteiger partial charge in [-0.2, -0.15) is 0 Å². The van der Waals surface area contributed by atoms with Crippen molar-refractivity contribution in [2.45, 2.75) is 44.1 Å². The Balaban J connectivity index is 1.54. The summed E-state index contributed by atoms with van der Waals surface area (Å²) in [6.07, 6.45) is 0.810. The first-order valence-corrected chi connectivity index (χ1v) is 12.6. The second-order valence-electron chi connectivity index (χ2n) is 8.46. The van der Waals surface area contributed by atoms with Gasteiger partial charge in [-0.25, -0.2) is 4.79 Å². The average molecular weight is 498 g/mol. The van der Waals surface area contributed by atoms with Crippen LogP contribution in [0.4, 0.5) is 10.5 Å². The molecule has 10 heteroatoms. The van der Waals surface area contributed by atoms with Crippen LogP contribution in [0.1, 0.15) is 42.9 Å². The van der Waals surface area contributed by atoms with E-state index in [0.29, 0.717) is 18.0 Å². The standard InChI is InChI=1S/C25H31N5O4S/c1-4-26-24(32)28-20-11-9-19(10-12-20)23-33-21(14-35-25-29-27-15-30(25)3)16(2)22(34-23)18-7-5-17(13-31)6-8-18/h5-12,15-16,21-23,31H,4,13-14H2,1-3H3,(H2,26,28,32)/t16-,21+,22+,23+/m1/s1. The van der Waals surface area contributed by atoms with Crippen molar-refractivity contribution in [3.05, 3.63) is 71.5 Å². The molecule has 4 rings (SSSR count). The molecule has 9 nitrogen and oxygen atoms in total. The molecule has 2 aromatic carbocycles. The van der Waals surface area contributed by atoms with E-state index in [1.54, 1.807) is 18.1 Å². The number of ether oxygens (including phenoxy) is 2. The number of nitrogens with one attached hydrogen (secondary N) is 2. The number of thioether (sulfide) groups is 1. The summed E-state index contributed by atoms with van der Waals surface area (Å²) in [7, 11) is 1.92. The van der Waals surface area contributed by atoms with Gasteiger partial charge in [-0.15, -0.1) is 10.2 Å². The maximum Gasteiger partial charge on any atom is 0.319 e. The monoisotopic (exact) mass is 497 g/mol. The molecule has 0 spiro atoms. The number of carbonyl (C=O) groups is 1. The third-order valence-electron chi connectivity index (χ3n) is 5.95. The molecule has 3 aromatic rings. The first-order chi connectivity index (χ1) is 17.0. The van der Waals surface area contributed by atoms with Crippen LogP contribution in [-0.2, 0) is 23.1 Å². The van der Waals surface area contributed by atoms with Gasteiger partial charge in [-0.05, 0) is 30.2 Å². The molecule has 1 fully saturated rings. The second kappa shape index (κ2) is 11.7. The summed E-state index contributed by atoms with van der Waals surface area (Å²) in [6, 6.07) is 15.1. The Labute approximate surface area is 209 Å². The molecule has 1 aromatic heterocycles. The topological polar surface area (TPSA) is 111 Å². The first-order valence-electron chi connectivity index (χ1n) is 11.6. The number of aliphatic hydroxyl groups is 1. The molecule has 0 unspecified atom stereocenters. The summed E-state index contributed by atoms with van der Waals surface area (Å²) in [5.74, 6) is 0.765. The molecule has 0 bridgehead atoms. The van der Waals surface area contributed by atoms with Gasteiger partial charge < -0.3 is 29.8 Å². The van der Waals surface area contributed by atoms with Gasteiger partial charge in [0.2, 0.25) is 0 Å². The summed E-state index contributed by atoms with van der Waals surface area (Å²) >= 11 is 1.60. The lowest BCUT2D eigenvalue weighted by atomic mass is 9.91. The molecule has 1 aliphatic rings. The minimum atomic E-state index is -0.572. The molecular formula is C25H31N5O4S. The molecule has 0 radical (unpaired) electrons. The van der Waals surface area contributed by atoms with Crippen LogP contribution in [0.2, 0.25) is 0 Å². The molecule has 3 N–H and O–H groups in total.